The highest BCUT2D eigenvalue weighted by Crippen LogP contribution is 2.31. The first kappa shape index (κ1) is 18.8. The van der Waals surface area contributed by atoms with Gasteiger partial charge in [-0.05, 0) is 25.2 Å². The number of ether oxygens (including phenoxy) is 1. The Kier molecular flexibility index (Phi) is 5.28. The van der Waals surface area contributed by atoms with Gasteiger partial charge in [0.25, 0.3) is 5.89 Å². The fourth-order valence-corrected chi connectivity index (χ4v) is 3.86. The lowest BCUT2D eigenvalue weighted by atomic mass is 10.2. The van der Waals surface area contributed by atoms with E-state index in [0.29, 0.717) is 11.4 Å². The van der Waals surface area contributed by atoms with E-state index >= 15 is 0 Å². The Morgan fingerprint density at radius 1 is 1.38 bits per heavy atom. The quantitative estimate of drug-likeness (QED) is 0.802. The molecule has 1 aliphatic rings. The highest BCUT2D eigenvalue weighted by atomic mass is 32.2. The largest absolute Gasteiger partial charge is 0.495 e. The smallest absolute Gasteiger partial charge is 0.258 e. The molecule has 1 fully saturated rings. The first-order chi connectivity index (χ1) is 12.3. The first-order valence-electron chi connectivity index (χ1n) is 8.20. The van der Waals surface area contributed by atoms with Crippen LogP contribution in [0.5, 0.6) is 5.75 Å². The molecule has 142 valence electrons. The van der Waals surface area contributed by atoms with Gasteiger partial charge < -0.3 is 14.6 Å². The number of nitrogens with one attached hydrogen (secondary N) is 1. The summed E-state index contributed by atoms with van der Waals surface area (Å²) in [6.45, 7) is 2.54. The lowest BCUT2D eigenvalue weighted by Gasteiger charge is -2.30. The molecule has 1 saturated heterocycles. The van der Waals surface area contributed by atoms with Gasteiger partial charge in [0.15, 0.2) is 5.82 Å². The molecule has 2 heterocycles. The molecule has 0 amide bonds. The van der Waals surface area contributed by atoms with Crippen LogP contribution >= 0.6 is 0 Å². The summed E-state index contributed by atoms with van der Waals surface area (Å²) in [6, 6.07) is 4.80. The number of likely N-dealkylation sites (N-methyl/N-ethyl adjacent to an activating group) is 1. The Bertz CT molecular complexity index is 881. The van der Waals surface area contributed by atoms with Crippen molar-refractivity contribution in [2.24, 2.45) is 0 Å². The van der Waals surface area contributed by atoms with Crippen molar-refractivity contribution in [2.45, 2.75) is 10.9 Å². The number of methoxy groups -OCH3 is 1. The van der Waals surface area contributed by atoms with Crippen LogP contribution in [-0.4, -0.2) is 75.7 Å². The predicted molar refractivity (Wildman–Crippen MR) is 95.4 cm³/mol. The third-order valence-electron chi connectivity index (χ3n) is 4.42. The summed E-state index contributed by atoms with van der Waals surface area (Å²) in [6.07, 6.45) is 0. The topological polar surface area (TPSA) is 101 Å². The maximum atomic E-state index is 12.6. The number of sulfonamides is 1. The number of rotatable bonds is 5. The van der Waals surface area contributed by atoms with Crippen molar-refractivity contribution >= 4 is 10.0 Å². The fourth-order valence-electron chi connectivity index (χ4n) is 2.79. The van der Waals surface area contributed by atoms with E-state index in [1.165, 1.54) is 27.3 Å². The molecule has 9 nitrogen and oxygen atoms in total. The van der Waals surface area contributed by atoms with Crippen LogP contribution in [0.1, 0.15) is 11.9 Å². The van der Waals surface area contributed by atoms with Crippen molar-refractivity contribution in [2.75, 3.05) is 47.9 Å². The first-order valence-corrected chi connectivity index (χ1v) is 9.64. The fraction of sp³-hybridized carbons (Fsp3) is 0.500. The van der Waals surface area contributed by atoms with Gasteiger partial charge in [-0.3, -0.25) is 4.90 Å². The summed E-state index contributed by atoms with van der Waals surface area (Å²) in [4.78, 5) is 6.68. The molecule has 1 aromatic heterocycles. The van der Waals surface area contributed by atoms with Crippen LogP contribution in [0.4, 0.5) is 0 Å². The standard InChI is InChI=1S/C16H23N5O4S/c1-20(2)26(22,23)14-9-11(5-6-13(14)24-4)16-18-15(19-25-16)12-10-17-7-8-21(12)3/h5-6,9,12,17H,7-8,10H2,1-4H3. The number of benzene rings is 1. The molecule has 1 atom stereocenters. The van der Waals surface area contributed by atoms with E-state index in [0.717, 1.165) is 23.9 Å². The lowest BCUT2D eigenvalue weighted by molar-refractivity contribution is 0.190. The second-order valence-corrected chi connectivity index (χ2v) is 8.43. The second-order valence-electron chi connectivity index (χ2n) is 6.31. The number of aromatic nitrogens is 2. The van der Waals surface area contributed by atoms with Crippen LogP contribution in [-0.2, 0) is 10.0 Å². The van der Waals surface area contributed by atoms with Crippen molar-refractivity contribution in [3.8, 4) is 17.2 Å². The summed E-state index contributed by atoms with van der Waals surface area (Å²) in [7, 11) is 2.71. The second kappa shape index (κ2) is 7.31. The molecule has 10 heteroatoms. The molecule has 1 aromatic carbocycles. The average molecular weight is 381 g/mol. The van der Waals surface area contributed by atoms with E-state index < -0.39 is 10.0 Å². The van der Waals surface area contributed by atoms with E-state index in [2.05, 4.69) is 20.4 Å². The zero-order chi connectivity index (χ0) is 18.9. The maximum Gasteiger partial charge on any atom is 0.258 e. The number of hydrogen-bond acceptors (Lipinski definition) is 8. The number of hydrogen-bond donors (Lipinski definition) is 1. The van der Waals surface area contributed by atoms with E-state index in [1.54, 1.807) is 12.1 Å². The van der Waals surface area contributed by atoms with Crippen LogP contribution in [0.15, 0.2) is 27.6 Å². The van der Waals surface area contributed by atoms with Crippen molar-refractivity contribution in [1.82, 2.24) is 24.7 Å². The van der Waals surface area contributed by atoms with Crippen molar-refractivity contribution in [3.05, 3.63) is 24.0 Å². The molecule has 0 saturated carbocycles. The molecular weight excluding hydrogens is 358 g/mol. The van der Waals surface area contributed by atoms with Gasteiger partial charge in [-0.2, -0.15) is 4.98 Å². The molecule has 1 aliphatic heterocycles. The molecular formula is C16H23N5O4S. The van der Waals surface area contributed by atoms with Crippen LogP contribution in [0.25, 0.3) is 11.5 Å². The van der Waals surface area contributed by atoms with Crippen LogP contribution in [0.2, 0.25) is 0 Å². The van der Waals surface area contributed by atoms with E-state index in [4.69, 9.17) is 9.26 Å². The van der Waals surface area contributed by atoms with Gasteiger partial charge in [0.05, 0.1) is 13.2 Å². The predicted octanol–water partition coefficient (Wildman–Crippen LogP) is 0.572. The van der Waals surface area contributed by atoms with Crippen molar-refractivity contribution in [1.29, 1.82) is 0 Å². The van der Waals surface area contributed by atoms with Gasteiger partial charge in [-0.1, -0.05) is 5.16 Å². The third kappa shape index (κ3) is 3.45. The van der Waals surface area contributed by atoms with Crippen LogP contribution in [0, 0.1) is 0 Å². The minimum absolute atomic E-state index is 0.0180. The Morgan fingerprint density at radius 3 is 2.81 bits per heavy atom. The van der Waals surface area contributed by atoms with E-state index in [9.17, 15) is 8.42 Å². The number of piperazine rings is 1. The van der Waals surface area contributed by atoms with Crippen molar-refractivity contribution in [3.63, 3.8) is 0 Å². The summed E-state index contributed by atoms with van der Waals surface area (Å²) in [5, 5.41) is 7.38. The Hall–Kier alpha value is -2.01. The SMILES string of the molecule is COc1ccc(-c2nc(C3CNCCN3C)no2)cc1S(=O)(=O)N(C)C. The highest BCUT2D eigenvalue weighted by molar-refractivity contribution is 7.89. The van der Waals surface area contributed by atoms with Gasteiger partial charge in [0.2, 0.25) is 10.0 Å². The molecule has 26 heavy (non-hydrogen) atoms. The molecule has 1 unspecified atom stereocenters. The van der Waals surface area contributed by atoms with Crippen molar-refractivity contribution < 1.29 is 17.7 Å². The van der Waals surface area contributed by atoms with Gasteiger partial charge >= 0.3 is 0 Å². The monoisotopic (exact) mass is 381 g/mol. The highest BCUT2D eigenvalue weighted by Gasteiger charge is 2.27. The molecule has 3 rings (SSSR count). The summed E-state index contributed by atoms with van der Waals surface area (Å²) < 4.78 is 36.8. The summed E-state index contributed by atoms with van der Waals surface area (Å²) in [5.74, 6) is 1.11. The Morgan fingerprint density at radius 2 is 2.15 bits per heavy atom. The van der Waals surface area contributed by atoms with E-state index in [-0.39, 0.29) is 22.6 Å². The third-order valence-corrected chi connectivity index (χ3v) is 6.26. The molecule has 0 bridgehead atoms. The summed E-state index contributed by atoms with van der Waals surface area (Å²) >= 11 is 0. The minimum atomic E-state index is -3.67. The maximum absolute atomic E-state index is 12.6. The minimum Gasteiger partial charge on any atom is -0.495 e. The zero-order valence-corrected chi connectivity index (χ0v) is 16.1. The van der Waals surface area contributed by atoms with Gasteiger partial charge in [-0.15, -0.1) is 0 Å². The summed E-state index contributed by atoms with van der Waals surface area (Å²) in [5.41, 5.74) is 0.524. The van der Waals surface area contributed by atoms with Gasteiger partial charge in [-0.25, -0.2) is 12.7 Å². The van der Waals surface area contributed by atoms with E-state index in [1.807, 2.05) is 7.05 Å². The molecule has 0 radical (unpaired) electrons. The normalized spacial score (nSPS) is 19.0. The molecule has 1 N–H and O–H groups in total. The average Bonchev–Trinajstić information content (AvgIpc) is 3.11. The van der Waals surface area contributed by atoms with Crippen LogP contribution < -0.4 is 10.1 Å². The van der Waals surface area contributed by atoms with Crippen LogP contribution in [0.3, 0.4) is 0 Å². The molecule has 0 aliphatic carbocycles. The van der Waals surface area contributed by atoms with Gasteiger partial charge in [0, 0.05) is 39.3 Å². The lowest BCUT2D eigenvalue weighted by Crippen LogP contribution is -2.44. The Balaban J connectivity index is 1.98. The van der Waals surface area contributed by atoms with Gasteiger partial charge in [0.1, 0.15) is 10.6 Å². The molecule has 0 spiro atoms. The zero-order valence-electron chi connectivity index (χ0n) is 15.3. The Labute approximate surface area is 153 Å². The molecule has 2 aromatic rings. The number of nitrogens with zero attached hydrogens (tertiary/aromatic N) is 4.